The molecule has 6 nitrogen and oxygen atoms in total. The fraction of sp³-hybridized carbons (Fsp3) is 0.923. The summed E-state index contributed by atoms with van der Waals surface area (Å²) < 4.78 is 25.8. The van der Waals surface area contributed by atoms with E-state index in [-0.39, 0.29) is 29.6 Å². The van der Waals surface area contributed by atoms with Crippen molar-refractivity contribution in [3.63, 3.8) is 0 Å². The van der Waals surface area contributed by atoms with Crippen molar-refractivity contribution in [1.29, 1.82) is 0 Å². The van der Waals surface area contributed by atoms with Gasteiger partial charge in [-0.3, -0.25) is 4.79 Å². The standard InChI is InChI=1S/C13H25N3O3S.ClH/c1-2-3-12(14)13(17)15-10-6-8-16(9-7-10)20(18,19)11-4-5-11;/h10-12H,2-9,14H2,1H3,(H,15,17);1H. The Kier molecular flexibility index (Phi) is 6.90. The van der Waals surface area contributed by atoms with Crippen LogP contribution >= 0.6 is 12.4 Å². The molecule has 124 valence electrons. The van der Waals surface area contributed by atoms with Gasteiger partial charge in [0.1, 0.15) is 0 Å². The number of hydrogen-bond acceptors (Lipinski definition) is 4. The van der Waals surface area contributed by atoms with Crippen molar-refractivity contribution in [3.8, 4) is 0 Å². The zero-order valence-electron chi connectivity index (χ0n) is 12.5. The summed E-state index contributed by atoms with van der Waals surface area (Å²) in [5.41, 5.74) is 5.77. The lowest BCUT2D eigenvalue weighted by atomic mass is 10.1. The van der Waals surface area contributed by atoms with Crippen LogP contribution in [0.25, 0.3) is 0 Å². The van der Waals surface area contributed by atoms with Gasteiger partial charge >= 0.3 is 0 Å². The Balaban J connectivity index is 0.00000220. The molecule has 1 aliphatic heterocycles. The second-order valence-corrected chi connectivity index (χ2v) is 8.03. The maximum Gasteiger partial charge on any atom is 0.237 e. The average Bonchev–Trinajstić information content (AvgIpc) is 3.24. The number of piperidine rings is 1. The molecule has 8 heteroatoms. The van der Waals surface area contributed by atoms with Crippen molar-refractivity contribution in [2.75, 3.05) is 13.1 Å². The highest BCUT2D eigenvalue weighted by Gasteiger charge is 2.41. The SMILES string of the molecule is CCCC(N)C(=O)NC1CCN(S(=O)(=O)C2CC2)CC1.Cl. The highest BCUT2D eigenvalue weighted by molar-refractivity contribution is 7.90. The van der Waals surface area contributed by atoms with Crippen LogP contribution in [0.15, 0.2) is 0 Å². The molecule has 3 N–H and O–H groups in total. The minimum Gasteiger partial charge on any atom is -0.352 e. The number of nitrogens with one attached hydrogen (secondary N) is 1. The van der Waals surface area contributed by atoms with E-state index in [1.807, 2.05) is 6.92 Å². The zero-order valence-corrected chi connectivity index (χ0v) is 14.1. The van der Waals surface area contributed by atoms with Crippen LogP contribution in [0.1, 0.15) is 45.4 Å². The molecule has 1 saturated heterocycles. The van der Waals surface area contributed by atoms with Gasteiger partial charge in [0.25, 0.3) is 0 Å². The molecule has 2 fully saturated rings. The first-order chi connectivity index (χ1) is 9.45. The first-order valence-corrected chi connectivity index (χ1v) is 9.00. The smallest absolute Gasteiger partial charge is 0.237 e. The van der Waals surface area contributed by atoms with Crippen molar-refractivity contribution in [3.05, 3.63) is 0 Å². The quantitative estimate of drug-likeness (QED) is 0.741. The van der Waals surface area contributed by atoms with E-state index in [2.05, 4.69) is 5.32 Å². The lowest BCUT2D eigenvalue weighted by molar-refractivity contribution is -0.123. The van der Waals surface area contributed by atoms with Gasteiger partial charge in [-0.1, -0.05) is 13.3 Å². The number of rotatable bonds is 6. The van der Waals surface area contributed by atoms with E-state index in [1.54, 1.807) is 4.31 Å². The van der Waals surface area contributed by atoms with E-state index in [0.717, 1.165) is 19.3 Å². The zero-order chi connectivity index (χ0) is 14.8. The summed E-state index contributed by atoms with van der Waals surface area (Å²) in [6.45, 7) is 3.01. The molecule has 2 aliphatic rings. The summed E-state index contributed by atoms with van der Waals surface area (Å²) >= 11 is 0. The van der Waals surface area contributed by atoms with Gasteiger partial charge in [0.15, 0.2) is 0 Å². The highest BCUT2D eigenvalue weighted by atomic mass is 35.5. The third-order valence-electron chi connectivity index (χ3n) is 4.04. The minimum absolute atomic E-state index is 0. The summed E-state index contributed by atoms with van der Waals surface area (Å²) in [4.78, 5) is 11.8. The van der Waals surface area contributed by atoms with Crippen molar-refractivity contribution < 1.29 is 13.2 Å². The lowest BCUT2D eigenvalue weighted by Gasteiger charge is -2.32. The summed E-state index contributed by atoms with van der Waals surface area (Å²) in [7, 11) is -3.07. The average molecular weight is 340 g/mol. The topological polar surface area (TPSA) is 92.5 Å². The number of hydrogen-bond donors (Lipinski definition) is 2. The normalized spacial score (nSPS) is 22.4. The summed E-state index contributed by atoms with van der Waals surface area (Å²) in [5.74, 6) is -0.115. The Morgan fingerprint density at radius 3 is 2.33 bits per heavy atom. The molecule has 2 rings (SSSR count). The molecule has 1 saturated carbocycles. The van der Waals surface area contributed by atoms with Gasteiger partial charge < -0.3 is 11.1 Å². The second-order valence-electron chi connectivity index (χ2n) is 5.82. The second kappa shape index (κ2) is 7.76. The molecule has 1 aliphatic carbocycles. The Bertz CT molecular complexity index is 446. The van der Waals surface area contributed by atoms with Crippen LogP contribution in [0.2, 0.25) is 0 Å². The molecule has 0 aromatic rings. The molecule has 0 spiro atoms. The predicted octanol–water partition coefficient (Wildman–Crippen LogP) is 0.608. The maximum absolute atomic E-state index is 12.1. The molecule has 0 aromatic carbocycles. The van der Waals surface area contributed by atoms with Gasteiger partial charge in [0, 0.05) is 19.1 Å². The molecule has 1 unspecified atom stereocenters. The Labute approximate surface area is 133 Å². The Hall–Kier alpha value is -0.370. The van der Waals surface area contributed by atoms with Gasteiger partial charge in [0.2, 0.25) is 15.9 Å². The van der Waals surface area contributed by atoms with Gasteiger partial charge in [-0.15, -0.1) is 12.4 Å². The van der Waals surface area contributed by atoms with Crippen LogP contribution in [-0.2, 0) is 14.8 Å². The van der Waals surface area contributed by atoms with Crippen molar-refractivity contribution in [2.24, 2.45) is 5.73 Å². The van der Waals surface area contributed by atoms with Crippen LogP contribution in [-0.4, -0.2) is 49.1 Å². The van der Waals surface area contributed by atoms with Crippen molar-refractivity contribution in [1.82, 2.24) is 9.62 Å². The van der Waals surface area contributed by atoms with Crippen LogP contribution in [0.4, 0.5) is 0 Å². The number of carbonyl (C=O) groups excluding carboxylic acids is 1. The molecule has 0 bridgehead atoms. The monoisotopic (exact) mass is 339 g/mol. The van der Waals surface area contributed by atoms with Gasteiger partial charge in [-0.25, -0.2) is 12.7 Å². The van der Waals surface area contributed by atoms with Crippen LogP contribution in [0.5, 0.6) is 0 Å². The first-order valence-electron chi connectivity index (χ1n) is 7.50. The maximum atomic E-state index is 12.1. The van der Waals surface area contributed by atoms with E-state index in [0.29, 0.717) is 32.4 Å². The molecule has 21 heavy (non-hydrogen) atoms. The molecule has 0 radical (unpaired) electrons. The van der Waals surface area contributed by atoms with Crippen LogP contribution in [0, 0.1) is 0 Å². The van der Waals surface area contributed by atoms with E-state index >= 15 is 0 Å². The third-order valence-corrected chi connectivity index (χ3v) is 6.44. The number of nitrogens with two attached hydrogens (primary N) is 1. The fourth-order valence-electron chi connectivity index (χ4n) is 2.58. The minimum atomic E-state index is -3.07. The predicted molar refractivity (Wildman–Crippen MR) is 84.8 cm³/mol. The van der Waals surface area contributed by atoms with Crippen molar-refractivity contribution in [2.45, 2.75) is 62.8 Å². The number of sulfonamides is 1. The van der Waals surface area contributed by atoms with Gasteiger partial charge in [-0.2, -0.15) is 0 Å². The molecule has 0 aromatic heterocycles. The summed E-state index contributed by atoms with van der Waals surface area (Å²) in [6, 6.07) is -0.399. The van der Waals surface area contributed by atoms with E-state index in [4.69, 9.17) is 5.73 Å². The van der Waals surface area contributed by atoms with E-state index in [1.165, 1.54) is 0 Å². The number of carbonyl (C=O) groups is 1. The number of nitrogens with zero attached hydrogens (tertiary/aromatic N) is 1. The molecular weight excluding hydrogens is 314 g/mol. The third kappa shape index (κ3) is 4.81. The summed E-state index contributed by atoms with van der Waals surface area (Å²) in [6.07, 6.45) is 4.51. The molecule has 1 heterocycles. The Morgan fingerprint density at radius 1 is 1.29 bits per heavy atom. The molecule has 1 atom stereocenters. The molecule has 1 amide bonds. The summed E-state index contributed by atoms with van der Waals surface area (Å²) in [5, 5.41) is 2.79. The Morgan fingerprint density at radius 2 is 1.86 bits per heavy atom. The number of amides is 1. The first kappa shape index (κ1) is 18.7. The lowest BCUT2D eigenvalue weighted by Crippen LogP contribution is -2.50. The van der Waals surface area contributed by atoms with Crippen LogP contribution in [0.3, 0.4) is 0 Å². The van der Waals surface area contributed by atoms with Crippen LogP contribution < -0.4 is 11.1 Å². The van der Waals surface area contributed by atoms with E-state index < -0.39 is 16.1 Å². The number of halogens is 1. The molecular formula is C13H26ClN3O3S. The van der Waals surface area contributed by atoms with Gasteiger partial charge in [0.05, 0.1) is 11.3 Å². The van der Waals surface area contributed by atoms with Crippen molar-refractivity contribution >= 4 is 28.3 Å². The van der Waals surface area contributed by atoms with E-state index in [9.17, 15) is 13.2 Å². The highest BCUT2D eigenvalue weighted by Crippen LogP contribution is 2.32. The van der Waals surface area contributed by atoms with Gasteiger partial charge in [-0.05, 0) is 32.1 Å². The fourth-order valence-corrected chi connectivity index (χ4v) is 4.45. The largest absolute Gasteiger partial charge is 0.352 e.